The molecule has 43 heavy (non-hydrogen) atoms. The first-order chi connectivity index (χ1) is 21.3. The predicted molar refractivity (Wildman–Crippen MR) is 177 cm³/mol. The van der Waals surface area contributed by atoms with Gasteiger partial charge in [-0.25, -0.2) is 0 Å². The van der Waals surface area contributed by atoms with Crippen LogP contribution in [0.15, 0.2) is 130 Å². The Morgan fingerprint density at radius 2 is 0.977 bits per heavy atom. The average Bonchev–Trinajstić information content (AvgIpc) is 3.72. The van der Waals surface area contributed by atoms with Crippen LogP contribution in [0.4, 0.5) is 0 Å². The first kappa shape index (κ1) is 22.1. The van der Waals surface area contributed by atoms with Gasteiger partial charge in [0.15, 0.2) is 0 Å². The van der Waals surface area contributed by atoms with E-state index in [4.69, 9.17) is 8.83 Å². The van der Waals surface area contributed by atoms with Crippen LogP contribution < -0.4 is 0 Å². The first-order valence-electron chi connectivity index (χ1n) is 14.9. The van der Waals surface area contributed by atoms with Crippen LogP contribution in [0.5, 0.6) is 0 Å². The molecule has 0 atom stereocenters. The standard InChI is InChI=1S/C41H22O2/c1-2-10-27-23(6-1)21-26-9-4-11-28(35(26)27)24-7-3-8-25(20-24)29-16-19-34-41-37(29)30-12-5-13-31-38(30)39-32(42-31)17-14-22-15-18-33(43-34)40(41)36(22)39/h1-20H,21H2. The number of furan rings is 2. The summed E-state index contributed by atoms with van der Waals surface area (Å²) in [5.41, 5.74) is 16.6. The lowest BCUT2D eigenvalue weighted by Gasteiger charge is -2.15. The minimum Gasteiger partial charge on any atom is -0.456 e. The van der Waals surface area contributed by atoms with Gasteiger partial charge in [-0.15, -0.1) is 0 Å². The van der Waals surface area contributed by atoms with Crippen molar-refractivity contribution in [1.82, 2.24) is 0 Å². The highest BCUT2D eigenvalue weighted by Gasteiger charge is 2.27. The maximum atomic E-state index is 6.53. The molecule has 7 aromatic carbocycles. The Kier molecular flexibility index (Phi) is 3.91. The van der Waals surface area contributed by atoms with Gasteiger partial charge in [0.2, 0.25) is 0 Å². The second kappa shape index (κ2) is 7.61. The third-order valence-electron chi connectivity index (χ3n) is 9.82. The van der Waals surface area contributed by atoms with Crippen LogP contribution in [0.1, 0.15) is 11.1 Å². The van der Waals surface area contributed by atoms with Gasteiger partial charge in [0.25, 0.3) is 0 Å². The molecule has 198 valence electrons. The largest absolute Gasteiger partial charge is 0.456 e. The summed E-state index contributed by atoms with van der Waals surface area (Å²) in [4.78, 5) is 0. The van der Waals surface area contributed by atoms with Crippen molar-refractivity contribution in [1.29, 1.82) is 0 Å². The van der Waals surface area contributed by atoms with Crippen LogP contribution in [0.2, 0.25) is 0 Å². The first-order valence-corrected chi connectivity index (χ1v) is 14.9. The highest BCUT2D eigenvalue weighted by atomic mass is 16.3. The van der Waals surface area contributed by atoms with E-state index in [2.05, 4.69) is 121 Å². The Balaban J connectivity index is 1.24. The molecule has 0 spiro atoms. The van der Waals surface area contributed by atoms with Gasteiger partial charge in [0.1, 0.15) is 22.3 Å². The second-order valence-corrected chi connectivity index (χ2v) is 12.0. The Morgan fingerprint density at radius 3 is 1.84 bits per heavy atom. The molecular weight excluding hydrogens is 524 g/mol. The lowest BCUT2D eigenvalue weighted by Crippen LogP contribution is -1.89. The van der Waals surface area contributed by atoms with Crippen molar-refractivity contribution in [3.8, 4) is 44.5 Å². The molecule has 0 N–H and O–H groups in total. The molecule has 9 aromatic rings. The van der Waals surface area contributed by atoms with Gasteiger partial charge in [0.05, 0.1) is 0 Å². The van der Waals surface area contributed by atoms with Crippen LogP contribution >= 0.6 is 0 Å². The fourth-order valence-electron chi connectivity index (χ4n) is 8.09. The zero-order valence-corrected chi connectivity index (χ0v) is 23.1. The summed E-state index contributed by atoms with van der Waals surface area (Å²) >= 11 is 0. The predicted octanol–water partition coefficient (Wildman–Crippen LogP) is 11.5. The van der Waals surface area contributed by atoms with Crippen molar-refractivity contribution in [2.45, 2.75) is 6.42 Å². The number of hydrogen-bond acceptors (Lipinski definition) is 2. The van der Waals surface area contributed by atoms with Crippen LogP contribution in [-0.2, 0) is 6.42 Å². The van der Waals surface area contributed by atoms with E-state index in [1.54, 1.807) is 0 Å². The normalized spacial score (nSPS) is 13.0. The molecule has 0 radical (unpaired) electrons. The lowest BCUT2D eigenvalue weighted by molar-refractivity contribution is 0.669. The topological polar surface area (TPSA) is 26.3 Å². The molecule has 2 heteroatoms. The Hall–Kier alpha value is -5.60. The Bertz CT molecular complexity index is 2690. The van der Waals surface area contributed by atoms with Gasteiger partial charge >= 0.3 is 0 Å². The molecule has 0 saturated carbocycles. The second-order valence-electron chi connectivity index (χ2n) is 12.0. The van der Waals surface area contributed by atoms with Gasteiger partial charge in [-0.3, -0.25) is 0 Å². The Labute approximate surface area is 246 Å². The molecule has 0 bridgehead atoms. The molecule has 2 aliphatic carbocycles. The summed E-state index contributed by atoms with van der Waals surface area (Å²) in [6, 6.07) is 44.1. The van der Waals surface area contributed by atoms with E-state index in [-0.39, 0.29) is 0 Å². The Morgan fingerprint density at radius 1 is 0.372 bits per heavy atom. The molecule has 0 fully saturated rings. The number of fused-ring (bicyclic) bond motifs is 4. The van der Waals surface area contributed by atoms with Gasteiger partial charge < -0.3 is 8.83 Å². The molecule has 0 saturated heterocycles. The zero-order chi connectivity index (χ0) is 27.8. The molecule has 2 aromatic heterocycles. The van der Waals surface area contributed by atoms with E-state index in [1.165, 1.54) is 88.0 Å². The highest BCUT2D eigenvalue weighted by molar-refractivity contribution is 6.37. The van der Waals surface area contributed by atoms with E-state index >= 15 is 0 Å². The zero-order valence-electron chi connectivity index (χ0n) is 23.1. The van der Waals surface area contributed by atoms with Crippen molar-refractivity contribution < 1.29 is 8.83 Å². The third kappa shape index (κ3) is 2.70. The smallest absolute Gasteiger partial charge is 0.136 e. The fourth-order valence-corrected chi connectivity index (χ4v) is 8.09. The minimum absolute atomic E-state index is 0.919. The minimum atomic E-state index is 0.919. The van der Waals surface area contributed by atoms with E-state index in [1.807, 2.05) is 0 Å². The molecule has 2 nitrogen and oxygen atoms in total. The summed E-state index contributed by atoms with van der Waals surface area (Å²) in [5, 5.41) is 7.18. The number of rotatable bonds is 2. The molecular formula is C41H22O2. The summed E-state index contributed by atoms with van der Waals surface area (Å²) in [5.74, 6) is 0. The molecule has 0 aliphatic heterocycles. The lowest BCUT2D eigenvalue weighted by atomic mass is 9.88. The summed E-state index contributed by atoms with van der Waals surface area (Å²) in [6.45, 7) is 0. The third-order valence-corrected chi connectivity index (χ3v) is 9.82. The van der Waals surface area contributed by atoms with E-state index in [0.29, 0.717) is 0 Å². The monoisotopic (exact) mass is 546 g/mol. The maximum Gasteiger partial charge on any atom is 0.136 e. The molecule has 0 amide bonds. The summed E-state index contributed by atoms with van der Waals surface area (Å²) in [6.07, 6.45) is 0.992. The van der Waals surface area contributed by atoms with Crippen molar-refractivity contribution in [2.24, 2.45) is 0 Å². The van der Waals surface area contributed by atoms with Gasteiger partial charge in [-0.05, 0) is 92.2 Å². The van der Waals surface area contributed by atoms with Crippen molar-refractivity contribution in [3.63, 3.8) is 0 Å². The van der Waals surface area contributed by atoms with E-state index in [9.17, 15) is 0 Å². The van der Waals surface area contributed by atoms with Crippen LogP contribution in [0.25, 0.3) is 99.2 Å². The van der Waals surface area contributed by atoms with E-state index in [0.717, 1.165) is 28.8 Å². The average molecular weight is 547 g/mol. The molecule has 0 unspecified atom stereocenters. The van der Waals surface area contributed by atoms with Crippen LogP contribution in [0.3, 0.4) is 0 Å². The van der Waals surface area contributed by atoms with Gasteiger partial charge in [-0.2, -0.15) is 0 Å². The van der Waals surface area contributed by atoms with Crippen LogP contribution in [-0.4, -0.2) is 0 Å². The summed E-state index contributed by atoms with van der Waals surface area (Å²) < 4.78 is 13.0. The van der Waals surface area contributed by atoms with E-state index < -0.39 is 0 Å². The SMILES string of the molecule is c1cc(-c2cccc3c2-c2ccccc2C3)cc(-c2ccc3oc4ccc5ccc6oc7cccc8c7c6c5c4c3c2-8)c1. The van der Waals surface area contributed by atoms with Crippen molar-refractivity contribution in [2.75, 3.05) is 0 Å². The molecule has 2 aliphatic rings. The highest BCUT2D eigenvalue weighted by Crippen LogP contribution is 2.53. The number of benzene rings is 7. The van der Waals surface area contributed by atoms with Crippen LogP contribution in [0, 0.1) is 0 Å². The van der Waals surface area contributed by atoms with Crippen molar-refractivity contribution >= 4 is 54.6 Å². The molecule has 2 heterocycles. The maximum absolute atomic E-state index is 6.53. The van der Waals surface area contributed by atoms with Gasteiger partial charge in [0, 0.05) is 32.5 Å². The quantitative estimate of drug-likeness (QED) is 0.216. The number of hydrogen-bond donors (Lipinski definition) is 0. The molecule has 11 rings (SSSR count). The summed E-state index contributed by atoms with van der Waals surface area (Å²) in [7, 11) is 0. The van der Waals surface area contributed by atoms with Gasteiger partial charge in [-0.1, -0.05) is 91.0 Å². The van der Waals surface area contributed by atoms with Crippen molar-refractivity contribution in [3.05, 3.63) is 132 Å². The fraction of sp³-hybridized carbons (Fsp3) is 0.0244.